The highest BCUT2D eigenvalue weighted by Crippen LogP contribution is 2.24. The maximum atomic E-state index is 12.2. The van der Waals surface area contributed by atoms with Crippen molar-refractivity contribution in [3.05, 3.63) is 60.2 Å². The average molecular weight is 252 g/mol. The molecular weight excluding hydrogens is 236 g/mol. The highest BCUT2D eigenvalue weighted by molar-refractivity contribution is 5.97. The minimum absolute atomic E-state index is 0.0284. The van der Waals surface area contributed by atoms with Gasteiger partial charge in [0.05, 0.1) is 0 Å². The van der Waals surface area contributed by atoms with Gasteiger partial charge in [-0.05, 0) is 36.6 Å². The average Bonchev–Trinajstić information content (AvgIpc) is 2.48. The van der Waals surface area contributed by atoms with E-state index in [1.807, 2.05) is 48.5 Å². The van der Waals surface area contributed by atoms with Gasteiger partial charge in [-0.2, -0.15) is 0 Å². The second-order valence-electron chi connectivity index (χ2n) is 4.75. The first-order chi connectivity index (χ1) is 9.33. The molecule has 0 aromatic heterocycles. The Kier molecular flexibility index (Phi) is 3.19. The molecule has 0 aliphatic carbocycles. The van der Waals surface area contributed by atoms with Crippen LogP contribution in [0.3, 0.4) is 0 Å². The summed E-state index contributed by atoms with van der Waals surface area (Å²) in [5.74, 6) is 0.0284. The van der Waals surface area contributed by atoms with Gasteiger partial charge in [-0.25, -0.2) is 0 Å². The largest absolute Gasteiger partial charge is 0.373 e. The Balaban J connectivity index is 1.70. The van der Waals surface area contributed by atoms with Crippen LogP contribution in [-0.2, 0) is 11.2 Å². The molecule has 1 aliphatic rings. The van der Waals surface area contributed by atoms with E-state index in [9.17, 15) is 4.79 Å². The van der Waals surface area contributed by atoms with Crippen molar-refractivity contribution < 1.29 is 4.79 Å². The lowest BCUT2D eigenvalue weighted by Gasteiger charge is -2.26. The molecule has 1 amide bonds. The molecule has 19 heavy (non-hydrogen) atoms. The minimum Gasteiger partial charge on any atom is -0.373 e. The Bertz CT molecular complexity index is 580. The predicted octanol–water partition coefficient (Wildman–Crippen LogP) is 3.05. The standard InChI is InChI=1S/C16H16N2O/c19-16(17-13-7-2-1-3-8-13)15-11-10-12-6-4-5-9-14(12)18-15/h1-9,15,18H,10-11H2,(H,17,19)/t15-/m1/s1. The van der Waals surface area contributed by atoms with E-state index >= 15 is 0 Å². The molecule has 0 fully saturated rings. The number of aryl methyl sites for hydroxylation is 1. The first kappa shape index (κ1) is 11.8. The summed E-state index contributed by atoms with van der Waals surface area (Å²) in [5.41, 5.74) is 3.20. The molecule has 0 bridgehead atoms. The summed E-state index contributed by atoms with van der Waals surface area (Å²) in [7, 11) is 0. The van der Waals surface area contributed by atoms with Gasteiger partial charge < -0.3 is 10.6 Å². The second-order valence-corrected chi connectivity index (χ2v) is 4.75. The van der Waals surface area contributed by atoms with Crippen LogP contribution >= 0.6 is 0 Å². The number of carbonyl (C=O) groups is 1. The highest BCUT2D eigenvalue weighted by Gasteiger charge is 2.23. The Hall–Kier alpha value is -2.29. The van der Waals surface area contributed by atoms with E-state index in [0.717, 1.165) is 24.2 Å². The van der Waals surface area contributed by atoms with E-state index in [1.165, 1.54) is 5.56 Å². The minimum atomic E-state index is -0.157. The summed E-state index contributed by atoms with van der Waals surface area (Å²) in [4.78, 5) is 12.2. The number of amides is 1. The molecule has 0 spiro atoms. The van der Waals surface area contributed by atoms with E-state index in [4.69, 9.17) is 0 Å². The molecule has 3 heteroatoms. The normalized spacial score (nSPS) is 17.2. The molecule has 96 valence electrons. The van der Waals surface area contributed by atoms with Gasteiger partial charge in [0, 0.05) is 11.4 Å². The fourth-order valence-corrected chi connectivity index (χ4v) is 2.39. The smallest absolute Gasteiger partial charge is 0.246 e. The number of benzene rings is 2. The number of hydrogen-bond donors (Lipinski definition) is 2. The van der Waals surface area contributed by atoms with Crippen LogP contribution in [0.15, 0.2) is 54.6 Å². The van der Waals surface area contributed by atoms with Crippen LogP contribution in [0.1, 0.15) is 12.0 Å². The third kappa shape index (κ3) is 2.60. The molecular formula is C16H16N2O. The monoisotopic (exact) mass is 252 g/mol. The zero-order chi connectivity index (χ0) is 13.1. The quantitative estimate of drug-likeness (QED) is 0.862. The Morgan fingerprint density at radius 3 is 2.63 bits per heavy atom. The van der Waals surface area contributed by atoms with Crippen molar-refractivity contribution in [3.8, 4) is 0 Å². The number of fused-ring (bicyclic) bond motifs is 1. The van der Waals surface area contributed by atoms with Crippen molar-refractivity contribution in [1.82, 2.24) is 0 Å². The Morgan fingerprint density at radius 1 is 1.05 bits per heavy atom. The number of anilines is 2. The fourth-order valence-electron chi connectivity index (χ4n) is 2.39. The molecule has 0 radical (unpaired) electrons. The van der Waals surface area contributed by atoms with Crippen LogP contribution in [0.25, 0.3) is 0 Å². The number of para-hydroxylation sites is 2. The van der Waals surface area contributed by atoms with Gasteiger partial charge in [0.2, 0.25) is 5.91 Å². The van der Waals surface area contributed by atoms with Crippen molar-refractivity contribution >= 4 is 17.3 Å². The fraction of sp³-hybridized carbons (Fsp3) is 0.188. The second kappa shape index (κ2) is 5.14. The van der Waals surface area contributed by atoms with Crippen LogP contribution in [0, 0.1) is 0 Å². The highest BCUT2D eigenvalue weighted by atomic mass is 16.2. The Labute approximate surface area is 112 Å². The molecule has 2 N–H and O–H groups in total. The Morgan fingerprint density at radius 2 is 1.79 bits per heavy atom. The molecule has 1 heterocycles. The lowest BCUT2D eigenvalue weighted by molar-refractivity contribution is -0.117. The molecule has 0 saturated heterocycles. The molecule has 1 aliphatic heterocycles. The molecule has 0 saturated carbocycles. The molecule has 2 aromatic rings. The first-order valence-electron chi connectivity index (χ1n) is 6.53. The van der Waals surface area contributed by atoms with Crippen LogP contribution in [0.2, 0.25) is 0 Å². The van der Waals surface area contributed by atoms with Crippen molar-refractivity contribution in [1.29, 1.82) is 0 Å². The van der Waals surface area contributed by atoms with Gasteiger partial charge in [0.1, 0.15) is 6.04 Å². The summed E-state index contributed by atoms with van der Waals surface area (Å²) in [5, 5.41) is 6.25. The van der Waals surface area contributed by atoms with Crippen LogP contribution < -0.4 is 10.6 Å². The SMILES string of the molecule is O=C(Nc1ccccc1)[C@H]1CCc2ccccc2N1. The summed E-state index contributed by atoms with van der Waals surface area (Å²) < 4.78 is 0. The number of hydrogen-bond acceptors (Lipinski definition) is 2. The summed E-state index contributed by atoms with van der Waals surface area (Å²) in [6.07, 6.45) is 1.77. The third-order valence-corrected chi connectivity index (χ3v) is 3.41. The summed E-state index contributed by atoms with van der Waals surface area (Å²) in [6, 6.07) is 17.6. The van der Waals surface area contributed by atoms with Crippen molar-refractivity contribution in [3.63, 3.8) is 0 Å². The van der Waals surface area contributed by atoms with Crippen LogP contribution in [0.4, 0.5) is 11.4 Å². The topological polar surface area (TPSA) is 41.1 Å². The molecule has 3 nitrogen and oxygen atoms in total. The molecule has 1 atom stereocenters. The van der Waals surface area contributed by atoms with Gasteiger partial charge in [-0.1, -0.05) is 36.4 Å². The molecule has 2 aromatic carbocycles. The van der Waals surface area contributed by atoms with Gasteiger partial charge in [-0.3, -0.25) is 4.79 Å². The molecule has 3 rings (SSSR count). The maximum Gasteiger partial charge on any atom is 0.246 e. The van der Waals surface area contributed by atoms with Crippen molar-refractivity contribution in [2.75, 3.05) is 10.6 Å². The zero-order valence-electron chi connectivity index (χ0n) is 10.6. The van der Waals surface area contributed by atoms with Gasteiger partial charge >= 0.3 is 0 Å². The first-order valence-corrected chi connectivity index (χ1v) is 6.53. The zero-order valence-corrected chi connectivity index (χ0v) is 10.6. The third-order valence-electron chi connectivity index (χ3n) is 3.41. The van der Waals surface area contributed by atoms with E-state index in [2.05, 4.69) is 16.7 Å². The molecule has 0 unspecified atom stereocenters. The predicted molar refractivity (Wildman–Crippen MR) is 77.2 cm³/mol. The lowest BCUT2D eigenvalue weighted by Crippen LogP contribution is -2.37. The van der Waals surface area contributed by atoms with Crippen molar-refractivity contribution in [2.45, 2.75) is 18.9 Å². The number of carbonyl (C=O) groups excluding carboxylic acids is 1. The number of rotatable bonds is 2. The van der Waals surface area contributed by atoms with E-state index < -0.39 is 0 Å². The van der Waals surface area contributed by atoms with E-state index in [-0.39, 0.29) is 11.9 Å². The van der Waals surface area contributed by atoms with Crippen LogP contribution in [0.5, 0.6) is 0 Å². The van der Waals surface area contributed by atoms with Gasteiger partial charge in [0.25, 0.3) is 0 Å². The number of nitrogens with one attached hydrogen (secondary N) is 2. The van der Waals surface area contributed by atoms with Gasteiger partial charge in [-0.15, -0.1) is 0 Å². The van der Waals surface area contributed by atoms with Crippen LogP contribution in [-0.4, -0.2) is 11.9 Å². The lowest BCUT2D eigenvalue weighted by atomic mass is 9.97. The maximum absolute atomic E-state index is 12.2. The van der Waals surface area contributed by atoms with Crippen molar-refractivity contribution in [2.24, 2.45) is 0 Å². The van der Waals surface area contributed by atoms with Gasteiger partial charge in [0.15, 0.2) is 0 Å². The summed E-state index contributed by atoms with van der Waals surface area (Å²) in [6.45, 7) is 0. The summed E-state index contributed by atoms with van der Waals surface area (Å²) >= 11 is 0. The van der Waals surface area contributed by atoms with E-state index in [1.54, 1.807) is 0 Å². The van der Waals surface area contributed by atoms with E-state index in [0.29, 0.717) is 0 Å².